The van der Waals surface area contributed by atoms with Crippen LogP contribution in [0.1, 0.15) is 11.1 Å². The number of aryl methyl sites for hydroxylation is 1. The number of benzene rings is 2. The highest BCUT2D eigenvalue weighted by molar-refractivity contribution is 9.10. The van der Waals surface area contributed by atoms with E-state index < -0.39 is 10.0 Å². The van der Waals surface area contributed by atoms with Gasteiger partial charge in [0.15, 0.2) is 0 Å². The van der Waals surface area contributed by atoms with Gasteiger partial charge < -0.3 is 0 Å². The molecule has 0 spiro atoms. The number of hydrogen-bond donors (Lipinski definition) is 1. The van der Waals surface area contributed by atoms with Crippen molar-refractivity contribution in [2.75, 3.05) is 4.72 Å². The van der Waals surface area contributed by atoms with Gasteiger partial charge in [0.2, 0.25) is 0 Å². The van der Waals surface area contributed by atoms with Crippen molar-refractivity contribution in [1.29, 1.82) is 0 Å². The molecule has 0 aromatic heterocycles. The fraction of sp³-hybridized carbons (Fsp3) is 0.143. The first-order valence-electron chi connectivity index (χ1n) is 5.97. The van der Waals surface area contributed by atoms with Crippen LogP contribution in [0, 0.1) is 6.92 Å². The lowest BCUT2D eigenvalue weighted by Crippen LogP contribution is -2.13. The lowest BCUT2D eigenvalue weighted by atomic mass is 10.2. The molecule has 3 nitrogen and oxygen atoms in total. The highest BCUT2D eigenvalue weighted by Crippen LogP contribution is 2.30. The predicted molar refractivity (Wildman–Crippen MR) is 93.8 cm³/mol. The van der Waals surface area contributed by atoms with Gasteiger partial charge in [-0.3, -0.25) is 4.72 Å². The van der Waals surface area contributed by atoms with E-state index in [-0.39, 0.29) is 4.90 Å². The maximum atomic E-state index is 12.4. The molecule has 7 heteroatoms. The summed E-state index contributed by atoms with van der Waals surface area (Å²) in [7, 11) is -3.64. The highest BCUT2D eigenvalue weighted by Gasteiger charge is 2.16. The summed E-state index contributed by atoms with van der Waals surface area (Å²) in [6.45, 7) is 1.85. The number of halogens is 3. The Morgan fingerprint density at radius 1 is 1.19 bits per heavy atom. The molecule has 0 unspecified atom stereocenters. The molecule has 0 aliphatic rings. The molecule has 0 aliphatic heterocycles. The van der Waals surface area contributed by atoms with Gasteiger partial charge in [-0.25, -0.2) is 8.42 Å². The van der Waals surface area contributed by atoms with Crippen molar-refractivity contribution in [3.63, 3.8) is 0 Å². The highest BCUT2D eigenvalue weighted by atomic mass is 79.9. The van der Waals surface area contributed by atoms with Crippen molar-refractivity contribution in [3.8, 4) is 0 Å². The van der Waals surface area contributed by atoms with Gasteiger partial charge in [0.25, 0.3) is 10.0 Å². The summed E-state index contributed by atoms with van der Waals surface area (Å²) >= 11 is 12.7. The van der Waals surface area contributed by atoms with Crippen LogP contribution in [-0.4, -0.2) is 8.42 Å². The van der Waals surface area contributed by atoms with E-state index in [1.807, 2.05) is 6.92 Å². The zero-order chi connectivity index (χ0) is 15.6. The number of sulfonamides is 1. The third-order valence-electron chi connectivity index (χ3n) is 2.88. The van der Waals surface area contributed by atoms with E-state index >= 15 is 0 Å². The summed E-state index contributed by atoms with van der Waals surface area (Å²) in [4.78, 5) is 0.204. The van der Waals surface area contributed by atoms with Crippen LogP contribution in [0.5, 0.6) is 0 Å². The van der Waals surface area contributed by atoms with Crippen LogP contribution in [-0.2, 0) is 15.4 Å². The summed E-state index contributed by atoms with van der Waals surface area (Å²) in [5, 5.41) is 1.19. The number of hydrogen-bond acceptors (Lipinski definition) is 2. The Balaban J connectivity index is 2.34. The molecule has 0 saturated heterocycles. The minimum atomic E-state index is -3.64. The zero-order valence-corrected chi connectivity index (χ0v) is 15.8. The second kappa shape index (κ2) is 6.69. The fourth-order valence-electron chi connectivity index (χ4n) is 1.69. The normalized spacial score (nSPS) is 11.4. The van der Waals surface area contributed by atoms with E-state index in [9.17, 15) is 8.42 Å². The molecule has 0 radical (unpaired) electrons. The molecule has 21 heavy (non-hydrogen) atoms. The smallest absolute Gasteiger partial charge is 0.261 e. The average Bonchev–Trinajstić information content (AvgIpc) is 2.44. The van der Waals surface area contributed by atoms with Crippen LogP contribution in [0.3, 0.4) is 0 Å². The maximum absolute atomic E-state index is 12.4. The first-order valence-corrected chi connectivity index (χ1v) is 9.74. The lowest BCUT2D eigenvalue weighted by molar-refractivity contribution is 0.601. The van der Waals surface area contributed by atoms with Crippen molar-refractivity contribution in [3.05, 3.63) is 57.0 Å². The lowest BCUT2D eigenvalue weighted by Gasteiger charge is -2.11. The molecule has 112 valence electrons. The predicted octanol–water partition coefficient (Wildman–Crippen LogP) is 5.11. The molecule has 0 atom stereocenters. The molecule has 0 amide bonds. The quantitative estimate of drug-likeness (QED) is 0.654. The molecule has 2 aromatic rings. The average molecular weight is 454 g/mol. The fourth-order valence-corrected chi connectivity index (χ4v) is 3.98. The van der Waals surface area contributed by atoms with Crippen molar-refractivity contribution in [1.82, 2.24) is 0 Å². The van der Waals surface area contributed by atoms with Crippen LogP contribution < -0.4 is 4.72 Å². The van der Waals surface area contributed by atoms with Gasteiger partial charge in [-0.1, -0.05) is 39.7 Å². The van der Waals surface area contributed by atoms with Crippen molar-refractivity contribution in [2.45, 2.75) is 17.1 Å². The zero-order valence-electron chi connectivity index (χ0n) is 11.0. The number of anilines is 1. The van der Waals surface area contributed by atoms with Gasteiger partial charge in [-0.15, -0.1) is 0 Å². The molecule has 2 rings (SSSR count). The van der Waals surface area contributed by atoms with Crippen LogP contribution >= 0.6 is 43.5 Å². The summed E-state index contributed by atoms with van der Waals surface area (Å²) in [6, 6.07) is 10.0. The summed E-state index contributed by atoms with van der Waals surface area (Å²) in [6.07, 6.45) is 0. The first-order chi connectivity index (χ1) is 9.83. The SMILES string of the molecule is Cc1cc(Br)c(NS(=O)(=O)c2ccc(CBr)cc2)cc1Cl. The maximum Gasteiger partial charge on any atom is 0.261 e. The van der Waals surface area contributed by atoms with Gasteiger partial charge in [0, 0.05) is 14.8 Å². The van der Waals surface area contributed by atoms with Gasteiger partial charge in [-0.2, -0.15) is 0 Å². The molecule has 0 heterocycles. The third kappa shape index (κ3) is 4.00. The third-order valence-corrected chi connectivity index (χ3v) is 5.97. The topological polar surface area (TPSA) is 46.2 Å². The Kier molecular flexibility index (Phi) is 5.35. The number of nitrogens with one attached hydrogen (secondary N) is 1. The molecule has 1 N–H and O–H groups in total. The van der Waals surface area contributed by atoms with Crippen LogP contribution in [0.2, 0.25) is 5.02 Å². The van der Waals surface area contributed by atoms with Crippen molar-refractivity contribution < 1.29 is 8.42 Å². The molecule has 0 aliphatic carbocycles. The standard InChI is InChI=1S/C14H12Br2ClNO2S/c1-9-6-12(16)14(7-13(9)17)18-21(19,20)11-4-2-10(8-15)3-5-11/h2-7,18H,8H2,1H3. The second-order valence-corrected chi connectivity index (χ2v) is 7.97. The molecule has 0 saturated carbocycles. The Bertz CT molecular complexity index is 761. The van der Waals surface area contributed by atoms with Gasteiger partial charge in [0.1, 0.15) is 0 Å². The largest absolute Gasteiger partial charge is 0.278 e. The van der Waals surface area contributed by atoms with Gasteiger partial charge in [0.05, 0.1) is 10.6 Å². The van der Waals surface area contributed by atoms with Crippen molar-refractivity contribution in [2.24, 2.45) is 0 Å². The summed E-state index contributed by atoms with van der Waals surface area (Å²) in [5.74, 6) is 0. The number of rotatable bonds is 4. The van der Waals surface area contributed by atoms with Crippen molar-refractivity contribution >= 4 is 59.2 Å². The Morgan fingerprint density at radius 2 is 1.81 bits per heavy atom. The van der Waals surface area contributed by atoms with Crippen LogP contribution in [0.15, 0.2) is 45.8 Å². The minimum Gasteiger partial charge on any atom is -0.278 e. The molecular formula is C14H12Br2ClNO2S. The summed E-state index contributed by atoms with van der Waals surface area (Å²) < 4.78 is 27.9. The molecule has 0 fully saturated rings. The van der Waals surface area contributed by atoms with E-state index in [1.165, 1.54) is 0 Å². The first kappa shape index (κ1) is 16.8. The monoisotopic (exact) mass is 451 g/mol. The van der Waals surface area contributed by atoms with Crippen LogP contribution in [0.4, 0.5) is 5.69 Å². The Morgan fingerprint density at radius 3 is 2.38 bits per heavy atom. The van der Waals surface area contributed by atoms with E-state index in [2.05, 4.69) is 36.6 Å². The second-order valence-electron chi connectivity index (χ2n) is 4.46. The molecule has 2 aromatic carbocycles. The minimum absolute atomic E-state index is 0.204. The van der Waals surface area contributed by atoms with E-state index in [0.717, 1.165) is 11.1 Å². The molecule has 0 bridgehead atoms. The van der Waals surface area contributed by atoms with Gasteiger partial charge >= 0.3 is 0 Å². The van der Waals surface area contributed by atoms with E-state index in [4.69, 9.17) is 11.6 Å². The van der Waals surface area contributed by atoms with Crippen LogP contribution in [0.25, 0.3) is 0 Å². The van der Waals surface area contributed by atoms with E-state index in [0.29, 0.717) is 20.5 Å². The summed E-state index contributed by atoms with van der Waals surface area (Å²) in [5.41, 5.74) is 2.29. The number of alkyl halides is 1. The Labute approximate surface area is 146 Å². The molecular weight excluding hydrogens is 441 g/mol. The van der Waals surface area contributed by atoms with E-state index in [1.54, 1.807) is 36.4 Å². The van der Waals surface area contributed by atoms with Gasteiger partial charge in [-0.05, 0) is 58.2 Å². The Hall–Kier alpha value is -0.560.